The average Bonchev–Trinajstić information content (AvgIpc) is 3.81. The van der Waals surface area contributed by atoms with Crippen molar-refractivity contribution in [2.24, 2.45) is 0 Å². The van der Waals surface area contributed by atoms with Gasteiger partial charge in [-0.05, 0) is 23.1 Å². The van der Waals surface area contributed by atoms with E-state index in [2.05, 4.69) is 155 Å². The van der Waals surface area contributed by atoms with Crippen LogP contribution >= 0.6 is 23.2 Å². The van der Waals surface area contributed by atoms with Crippen LogP contribution < -0.4 is 24.8 Å². The zero-order chi connectivity index (χ0) is 36.7. The molecule has 0 nitrogen and oxygen atoms in total. The number of hydrogen-bond acceptors (Lipinski definition) is 0. The number of fused-ring (bicyclic) bond motifs is 3. The summed E-state index contributed by atoms with van der Waals surface area (Å²) in [5.41, 5.74) is 15.9. The molecule has 0 spiro atoms. The molecule has 0 fully saturated rings. The van der Waals surface area contributed by atoms with Gasteiger partial charge >= 0.3 is 120 Å². The monoisotopic (exact) mass is 860 g/mol. The minimum Gasteiger partial charge on any atom is -1.00 e. The Labute approximate surface area is 359 Å². The number of benzene rings is 6. The Balaban J connectivity index is 0.000000194. The molecular weight excluding hydrogens is 822 g/mol. The van der Waals surface area contributed by atoms with E-state index in [4.69, 9.17) is 23.2 Å². The van der Waals surface area contributed by atoms with Crippen LogP contribution in [0.5, 0.6) is 0 Å². The van der Waals surface area contributed by atoms with Gasteiger partial charge in [-0.15, -0.1) is 29.3 Å². The third-order valence-corrected chi connectivity index (χ3v) is 11.2. The van der Waals surface area contributed by atoms with Crippen molar-refractivity contribution in [3.8, 4) is 33.4 Å². The van der Waals surface area contributed by atoms with Gasteiger partial charge in [-0.2, -0.15) is 23.3 Å². The summed E-state index contributed by atoms with van der Waals surface area (Å²) in [5, 5.41) is 1.53. The summed E-state index contributed by atoms with van der Waals surface area (Å²) in [7, 11) is 0. The Morgan fingerprint density at radius 1 is 0.648 bits per heavy atom. The van der Waals surface area contributed by atoms with Crippen molar-refractivity contribution < 1.29 is 49.0 Å². The van der Waals surface area contributed by atoms with Gasteiger partial charge in [0.2, 0.25) is 0 Å². The van der Waals surface area contributed by atoms with Crippen LogP contribution in [0.15, 0.2) is 158 Å². The second-order valence-corrected chi connectivity index (χ2v) is 16.2. The number of halogens is 4. The molecule has 0 bridgehead atoms. The summed E-state index contributed by atoms with van der Waals surface area (Å²) >= 11 is 13.3. The van der Waals surface area contributed by atoms with Crippen LogP contribution in [0.3, 0.4) is 0 Å². The number of aryl methyl sites for hydroxylation is 1. The molecule has 0 N–H and O–H groups in total. The summed E-state index contributed by atoms with van der Waals surface area (Å²) in [6.07, 6.45) is 2.11. The summed E-state index contributed by atoms with van der Waals surface area (Å²) in [4.78, 5) is 0. The van der Waals surface area contributed by atoms with Gasteiger partial charge in [-0.3, -0.25) is 0 Å². The van der Waals surface area contributed by atoms with Gasteiger partial charge in [0.25, 0.3) is 0 Å². The fourth-order valence-electron chi connectivity index (χ4n) is 6.35. The first-order chi connectivity index (χ1) is 25.1. The normalized spacial score (nSPS) is 11.0. The maximum atomic E-state index is 5.98. The maximum Gasteiger partial charge on any atom is -0.0181 e. The smallest absolute Gasteiger partial charge is 0.0181 e. The van der Waals surface area contributed by atoms with E-state index in [-0.39, 0.29) is 24.8 Å². The Morgan fingerprint density at radius 3 is 1.74 bits per heavy atom. The zero-order valence-corrected chi connectivity index (χ0v) is 36.4. The molecular formula is C49H42Cl4Zr-2. The number of hydrogen-bond donors (Lipinski definition) is 0. The van der Waals surface area contributed by atoms with Crippen LogP contribution in [0.1, 0.15) is 61.1 Å². The van der Waals surface area contributed by atoms with Crippen LogP contribution in [-0.4, -0.2) is 3.21 Å². The van der Waals surface area contributed by atoms with Crippen molar-refractivity contribution in [2.45, 2.75) is 46.0 Å². The third kappa shape index (κ3) is 11.1. The predicted octanol–water partition coefficient (Wildman–Crippen LogP) is 7.77. The van der Waals surface area contributed by atoms with Crippen molar-refractivity contribution in [2.75, 3.05) is 0 Å². The van der Waals surface area contributed by atoms with E-state index in [1.165, 1.54) is 83.1 Å². The van der Waals surface area contributed by atoms with Crippen LogP contribution in [-0.2, 0) is 42.5 Å². The van der Waals surface area contributed by atoms with E-state index >= 15 is 0 Å². The van der Waals surface area contributed by atoms with E-state index in [0.717, 1.165) is 34.0 Å². The minimum absolute atomic E-state index is 0. The second kappa shape index (κ2) is 20.0. The standard InChI is InChI=1S/C25H17.C13H8Cl2.C11H17.2ClH.Zr/c1-3-7-18(8-4-1)20-11-13-24-22(15-20)17-23-16-21(12-14-25(23)24)19-9-5-2-6-10-19;14-12-5-1-3-10(8-12)7-11-4-2-6-13(15)9-11;1-5-9-6-7-10(8-9)11(2,3)4;;;/h1-15H,17H2;1-6,8-9H;6-8H,5H2,1-4H3;2*1H;/q-1;;-1;;;+2/p-2. The first kappa shape index (κ1) is 43.3. The molecule has 0 atom stereocenters. The second-order valence-electron chi connectivity index (χ2n) is 14.1. The quantitative estimate of drug-likeness (QED) is 0.155. The summed E-state index contributed by atoms with van der Waals surface area (Å²) in [6.45, 7) is 8.95. The molecule has 0 saturated carbocycles. The third-order valence-electron chi connectivity index (χ3n) is 9.30. The molecule has 1 aliphatic rings. The van der Waals surface area contributed by atoms with Crippen molar-refractivity contribution in [1.82, 2.24) is 0 Å². The molecule has 0 radical (unpaired) electrons. The van der Waals surface area contributed by atoms with E-state index in [0.29, 0.717) is 5.41 Å². The molecule has 0 saturated heterocycles. The largest absolute Gasteiger partial charge is 1.00 e. The van der Waals surface area contributed by atoms with Crippen LogP contribution in [0.2, 0.25) is 10.0 Å². The Morgan fingerprint density at radius 2 is 1.22 bits per heavy atom. The summed E-state index contributed by atoms with van der Waals surface area (Å²) < 4.78 is 1.26. The van der Waals surface area contributed by atoms with E-state index in [1.807, 2.05) is 36.4 Å². The molecule has 0 aliphatic heterocycles. The van der Waals surface area contributed by atoms with Gasteiger partial charge < -0.3 is 24.8 Å². The van der Waals surface area contributed by atoms with Gasteiger partial charge in [0.15, 0.2) is 0 Å². The van der Waals surface area contributed by atoms with Crippen LogP contribution in [0.4, 0.5) is 0 Å². The van der Waals surface area contributed by atoms with Crippen LogP contribution in [0, 0.1) is 6.07 Å². The first-order valence-electron chi connectivity index (χ1n) is 17.7. The van der Waals surface area contributed by atoms with E-state index in [9.17, 15) is 0 Å². The summed E-state index contributed by atoms with van der Waals surface area (Å²) in [6, 6.07) is 58.6. The molecule has 0 aromatic heterocycles. The Hall–Kier alpha value is -3.42. The molecule has 0 amide bonds. The van der Waals surface area contributed by atoms with Gasteiger partial charge in [0.1, 0.15) is 0 Å². The molecule has 7 aromatic rings. The molecule has 7 aromatic carbocycles. The fraction of sp³-hybridized carbons (Fsp3) is 0.143. The van der Waals surface area contributed by atoms with Gasteiger partial charge in [-0.1, -0.05) is 135 Å². The van der Waals surface area contributed by atoms with Crippen molar-refractivity contribution >= 4 is 26.4 Å². The Bertz CT molecular complexity index is 2150. The minimum atomic E-state index is 0. The topological polar surface area (TPSA) is 0 Å². The van der Waals surface area contributed by atoms with Gasteiger partial charge in [-0.25, -0.2) is 6.07 Å². The molecule has 8 rings (SSSR count). The van der Waals surface area contributed by atoms with Crippen molar-refractivity contribution in [3.05, 3.63) is 207 Å². The Kier molecular flexibility index (Phi) is 16.0. The molecule has 272 valence electrons. The van der Waals surface area contributed by atoms with E-state index in [1.54, 1.807) is 0 Å². The number of rotatable bonds is 5. The SMILES string of the molecule is CCc1cc(C(C)(C)C)c[cH-]1.Clc1cccc([C](=[Zr+2])c2cccc(Cl)c2)c1.[Cl-].[Cl-].[c-]1c(-c2ccccc2)ccc2c1Cc1cc(-c3ccccc3)ccc1-2. The molecule has 0 heterocycles. The van der Waals surface area contributed by atoms with E-state index < -0.39 is 0 Å². The van der Waals surface area contributed by atoms with Crippen molar-refractivity contribution in [1.29, 1.82) is 0 Å². The average molecular weight is 864 g/mol. The van der Waals surface area contributed by atoms with Gasteiger partial charge in [0, 0.05) is 0 Å². The zero-order valence-electron chi connectivity index (χ0n) is 30.9. The molecule has 5 heteroatoms. The fourth-order valence-corrected chi connectivity index (χ4v) is 7.50. The van der Waals surface area contributed by atoms with Crippen LogP contribution in [0.25, 0.3) is 33.4 Å². The molecule has 1 aliphatic carbocycles. The molecule has 0 unspecified atom stereocenters. The van der Waals surface area contributed by atoms with Crippen molar-refractivity contribution in [3.63, 3.8) is 0 Å². The maximum absolute atomic E-state index is 5.98. The summed E-state index contributed by atoms with van der Waals surface area (Å²) in [5.74, 6) is 0. The van der Waals surface area contributed by atoms with Gasteiger partial charge in [0.05, 0.1) is 0 Å². The molecule has 54 heavy (non-hydrogen) atoms. The first-order valence-corrected chi connectivity index (χ1v) is 19.7. The predicted molar refractivity (Wildman–Crippen MR) is 221 cm³/mol.